The standard InChI is InChI=1S/C22H21ClO/c1-13-14(2)16(4)21(15(13)3)19-11-10-18(23)12-20(19)22(24)17-8-6-5-7-9-17/h5-12,15H,1-4H3. The van der Waals surface area contributed by atoms with E-state index in [2.05, 4.69) is 27.7 Å². The summed E-state index contributed by atoms with van der Waals surface area (Å²) >= 11 is 6.21. The number of hydrogen-bond donors (Lipinski definition) is 0. The third-order valence-electron chi connectivity index (χ3n) is 5.19. The smallest absolute Gasteiger partial charge is 0.193 e. The molecule has 0 amide bonds. The largest absolute Gasteiger partial charge is 0.289 e. The molecule has 2 aromatic rings. The molecule has 2 aromatic carbocycles. The molecule has 1 aliphatic carbocycles. The first-order valence-electron chi connectivity index (χ1n) is 8.20. The van der Waals surface area contributed by atoms with Crippen molar-refractivity contribution in [2.45, 2.75) is 27.7 Å². The number of carbonyl (C=O) groups excluding carboxylic acids is 1. The highest BCUT2D eigenvalue weighted by atomic mass is 35.5. The van der Waals surface area contributed by atoms with Crippen molar-refractivity contribution in [1.29, 1.82) is 0 Å². The van der Waals surface area contributed by atoms with Crippen molar-refractivity contribution >= 4 is 23.0 Å². The molecule has 0 fully saturated rings. The van der Waals surface area contributed by atoms with Gasteiger partial charge in [-0.25, -0.2) is 0 Å². The maximum absolute atomic E-state index is 13.1. The van der Waals surface area contributed by atoms with Crippen LogP contribution >= 0.6 is 11.6 Å². The van der Waals surface area contributed by atoms with E-state index in [1.165, 1.54) is 22.3 Å². The topological polar surface area (TPSA) is 17.1 Å². The lowest BCUT2D eigenvalue weighted by atomic mass is 9.86. The molecular formula is C22H21ClO. The van der Waals surface area contributed by atoms with Gasteiger partial charge in [0.05, 0.1) is 0 Å². The molecule has 0 bridgehead atoms. The average molecular weight is 337 g/mol. The Balaban J connectivity index is 2.17. The molecule has 0 saturated heterocycles. The molecule has 3 rings (SSSR count). The van der Waals surface area contributed by atoms with Crippen LogP contribution in [0.2, 0.25) is 5.02 Å². The number of allylic oxidation sites excluding steroid dienone is 4. The maximum Gasteiger partial charge on any atom is 0.193 e. The SMILES string of the molecule is CC1=C(C)C(C)C(c2ccc(Cl)cc2C(=O)c2ccccc2)=C1C. The van der Waals surface area contributed by atoms with E-state index in [0.29, 0.717) is 22.1 Å². The van der Waals surface area contributed by atoms with E-state index in [0.717, 1.165) is 5.56 Å². The number of benzene rings is 2. The molecule has 0 spiro atoms. The molecule has 1 atom stereocenters. The third kappa shape index (κ3) is 2.74. The second-order valence-corrected chi connectivity index (χ2v) is 6.89. The van der Waals surface area contributed by atoms with Crippen LogP contribution in [0.4, 0.5) is 0 Å². The molecule has 1 unspecified atom stereocenters. The van der Waals surface area contributed by atoms with E-state index in [4.69, 9.17) is 11.6 Å². The van der Waals surface area contributed by atoms with Crippen molar-refractivity contribution in [3.8, 4) is 0 Å². The van der Waals surface area contributed by atoms with Crippen LogP contribution in [0.1, 0.15) is 49.2 Å². The zero-order valence-electron chi connectivity index (χ0n) is 14.5. The van der Waals surface area contributed by atoms with Crippen molar-refractivity contribution in [3.05, 3.63) is 87.0 Å². The Kier molecular flexibility index (Phi) is 4.47. The van der Waals surface area contributed by atoms with Gasteiger partial charge in [0.15, 0.2) is 5.78 Å². The van der Waals surface area contributed by atoms with E-state index in [1.807, 2.05) is 42.5 Å². The summed E-state index contributed by atoms with van der Waals surface area (Å²) in [6, 6.07) is 15.0. The molecule has 0 saturated carbocycles. The van der Waals surface area contributed by atoms with Gasteiger partial charge in [0.25, 0.3) is 0 Å². The number of carbonyl (C=O) groups is 1. The van der Waals surface area contributed by atoms with Gasteiger partial charge in [0.2, 0.25) is 0 Å². The molecule has 0 aliphatic heterocycles. The fourth-order valence-corrected chi connectivity index (χ4v) is 3.66. The van der Waals surface area contributed by atoms with Crippen LogP contribution in [0.5, 0.6) is 0 Å². The summed E-state index contributed by atoms with van der Waals surface area (Å²) < 4.78 is 0. The van der Waals surface area contributed by atoms with E-state index in [-0.39, 0.29) is 5.78 Å². The van der Waals surface area contributed by atoms with Crippen molar-refractivity contribution in [3.63, 3.8) is 0 Å². The van der Waals surface area contributed by atoms with E-state index in [9.17, 15) is 4.79 Å². The van der Waals surface area contributed by atoms with Crippen molar-refractivity contribution in [1.82, 2.24) is 0 Å². The summed E-state index contributed by atoms with van der Waals surface area (Å²) in [4.78, 5) is 13.1. The van der Waals surface area contributed by atoms with Crippen molar-refractivity contribution in [2.75, 3.05) is 0 Å². The molecule has 0 heterocycles. The van der Waals surface area contributed by atoms with E-state index < -0.39 is 0 Å². The predicted octanol–water partition coefficient (Wildman–Crippen LogP) is 6.33. The lowest BCUT2D eigenvalue weighted by Gasteiger charge is -2.17. The Morgan fingerprint density at radius 1 is 0.958 bits per heavy atom. The third-order valence-corrected chi connectivity index (χ3v) is 5.43. The molecule has 2 heteroatoms. The molecule has 0 N–H and O–H groups in total. The molecule has 0 radical (unpaired) electrons. The minimum atomic E-state index is 0.0165. The van der Waals surface area contributed by atoms with Gasteiger partial charge >= 0.3 is 0 Å². The fourth-order valence-electron chi connectivity index (χ4n) is 3.48. The van der Waals surface area contributed by atoms with Crippen LogP contribution in [0, 0.1) is 5.92 Å². The first-order valence-corrected chi connectivity index (χ1v) is 8.57. The van der Waals surface area contributed by atoms with Gasteiger partial charge in [0, 0.05) is 22.1 Å². The second-order valence-electron chi connectivity index (χ2n) is 6.45. The van der Waals surface area contributed by atoms with Crippen LogP contribution < -0.4 is 0 Å². The van der Waals surface area contributed by atoms with Gasteiger partial charge in [0.1, 0.15) is 0 Å². The Labute approximate surface area is 148 Å². The molecule has 0 aromatic heterocycles. The Hall–Kier alpha value is -2.12. The Morgan fingerprint density at radius 2 is 1.62 bits per heavy atom. The van der Waals surface area contributed by atoms with Gasteiger partial charge < -0.3 is 0 Å². The molecule has 122 valence electrons. The highest BCUT2D eigenvalue weighted by molar-refractivity contribution is 6.31. The van der Waals surface area contributed by atoms with Gasteiger partial charge in [-0.05, 0) is 55.2 Å². The lowest BCUT2D eigenvalue weighted by molar-refractivity contribution is 0.103. The highest BCUT2D eigenvalue weighted by Gasteiger charge is 2.27. The minimum Gasteiger partial charge on any atom is -0.289 e. The predicted molar refractivity (Wildman–Crippen MR) is 101 cm³/mol. The fraction of sp³-hybridized carbons (Fsp3) is 0.227. The van der Waals surface area contributed by atoms with Crippen LogP contribution in [-0.4, -0.2) is 5.78 Å². The van der Waals surface area contributed by atoms with E-state index in [1.54, 1.807) is 6.07 Å². The number of hydrogen-bond acceptors (Lipinski definition) is 1. The lowest BCUT2D eigenvalue weighted by Crippen LogP contribution is -2.08. The first-order chi connectivity index (χ1) is 11.4. The Morgan fingerprint density at radius 3 is 2.21 bits per heavy atom. The van der Waals surface area contributed by atoms with E-state index >= 15 is 0 Å². The van der Waals surface area contributed by atoms with Crippen LogP contribution in [0.15, 0.2) is 65.3 Å². The van der Waals surface area contributed by atoms with Crippen LogP contribution in [0.3, 0.4) is 0 Å². The summed E-state index contributed by atoms with van der Waals surface area (Å²) in [5, 5.41) is 0.586. The average Bonchev–Trinajstić information content (AvgIpc) is 2.79. The maximum atomic E-state index is 13.1. The highest BCUT2D eigenvalue weighted by Crippen LogP contribution is 2.43. The minimum absolute atomic E-state index is 0.0165. The summed E-state index contributed by atoms with van der Waals surface area (Å²) in [5.41, 5.74) is 7.56. The molecule has 24 heavy (non-hydrogen) atoms. The van der Waals surface area contributed by atoms with Crippen molar-refractivity contribution < 1.29 is 4.79 Å². The zero-order valence-corrected chi connectivity index (χ0v) is 15.2. The van der Waals surface area contributed by atoms with Gasteiger partial charge in [-0.15, -0.1) is 0 Å². The zero-order chi connectivity index (χ0) is 17.4. The molecule has 1 nitrogen and oxygen atoms in total. The van der Waals surface area contributed by atoms with Gasteiger partial charge in [-0.2, -0.15) is 0 Å². The number of halogens is 1. The quantitative estimate of drug-likeness (QED) is 0.598. The summed E-state index contributed by atoms with van der Waals surface area (Å²) in [7, 11) is 0. The monoisotopic (exact) mass is 336 g/mol. The summed E-state index contributed by atoms with van der Waals surface area (Å²) in [6.45, 7) is 8.67. The molecular weight excluding hydrogens is 316 g/mol. The van der Waals surface area contributed by atoms with Gasteiger partial charge in [-0.3, -0.25) is 4.79 Å². The normalized spacial score (nSPS) is 17.6. The number of ketones is 1. The second kappa shape index (κ2) is 6.41. The summed E-state index contributed by atoms with van der Waals surface area (Å²) in [5.74, 6) is 0.330. The van der Waals surface area contributed by atoms with Crippen LogP contribution in [0.25, 0.3) is 5.57 Å². The van der Waals surface area contributed by atoms with Gasteiger partial charge in [-0.1, -0.05) is 60.5 Å². The Bertz CT molecular complexity index is 872. The van der Waals surface area contributed by atoms with Crippen molar-refractivity contribution in [2.24, 2.45) is 5.92 Å². The molecule has 1 aliphatic rings. The number of rotatable bonds is 3. The first kappa shape index (κ1) is 16.7. The van der Waals surface area contributed by atoms with Crippen LogP contribution in [-0.2, 0) is 0 Å². The summed E-state index contributed by atoms with van der Waals surface area (Å²) in [6.07, 6.45) is 0.